The van der Waals surface area contributed by atoms with Gasteiger partial charge in [-0.05, 0) is 72.2 Å². The van der Waals surface area contributed by atoms with Crippen LogP contribution >= 0.6 is 15.9 Å². The number of aryl methyl sites for hydroxylation is 1. The number of aromatic amines is 1. The van der Waals surface area contributed by atoms with Crippen LogP contribution in [0.5, 0.6) is 0 Å². The number of nitrogens with two attached hydrogens (primary N) is 1. The largest absolute Gasteiger partial charge is 0.354 e. The van der Waals surface area contributed by atoms with E-state index in [-0.39, 0.29) is 5.41 Å². The Hall–Kier alpha value is -1.58. The highest BCUT2D eigenvalue weighted by Crippen LogP contribution is 2.35. The maximum atomic E-state index is 5.71. The number of unbranched alkanes of at least 4 members (excludes halogenated alkanes) is 1. The van der Waals surface area contributed by atoms with Gasteiger partial charge in [-0.15, -0.1) is 0 Å². The van der Waals surface area contributed by atoms with Crippen LogP contribution in [0, 0.1) is 0 Å². The van der Waals surface area contributed by atoms with Crippen molar-refractivity contribution in [1.29, 1.82) is 0 Å². The zero-order chi connectivity index (χ0) is 18.0. The minimum Gasteiger partial charge on any atom is -0.354 e. The van der Waals surface area contributed by atoms with E-state index in [1.54, 1.807) is 0 Å². The van der Waals surface area contributed by atoms with Gasteiger partial charge >= 0.3 is 0 Å². The zero-order valence-corrected chi connectivity index (χ0v) is 16.9. The molecule has 0 amide bonds. The second kappa shape index (κ2) is 7.35. The molecule has 0 aliphatic rings. The lowest BCUT2D eigenvalue weighted by Gasteiger charge is -2.19. The molecule has 0 aliphatic carbocycles. The molecular weight excluding hydrogens is 372 g/mol. The van der Waals surface area contributed by atoms with Crippen LogP contribution in [0.4, 0.5) is 0 Å². The van der Waals surface area contributed by atoms with E-state index in [9.17, 15) is 0 Å². The molecule has 2 nitrogen and oxygen atoms in total. The maximum Gasteiger partial charge on any atom is 0.0497 e. The number of benzene rings is 2. The number of hydrogen-bond acceptors (Lipinski definition) is 1. The van der Waals surface area contributed by atoms with Crippen molar-refractivity contribution in [1.82, 2.24) is 4.98 Å². The molecule has 3 aromatic rings. The Morgan fingerprint density at radius 2 is 1.72 bits per heavy atom. The maximum absolute atomic E-state index is 5.71. The third-order valence-corrected chi connectivity index (χ3v) is 5.31. The summed E-state index contributed by atoms with van der Waals surface area (Å²) < 4.78 is 1.10. The second-order valence-corrected chi connectivity index (χ2v) is 8.66. The molecule has 1 aromatic heterocycles. The second-order valence-electron chi connectivity index (χ2n) is 7.74. The van der Waals surface area contributed by atoms with Crippen molar-refractivity contribution in [3.8, 4) is 11.3 Å². The Morgan fingerprint density at radius 3 is 2.36 bits per heavy atom. The van der Waals surface area contributed by atoms with E-state index in [0.717, 1.165) is 30.3 Å². The molecule has 0 saturated heterocycles. The predicted molar refractivity (Wildman–Crippen MR) is 112 cm³/mol. The number of H-pyrrole nitrogens is 1. The summed E-state index contributed by atoms with van der Waals surface area (Å²) in [4.78, 5) is 3.66. The first-order valence-electron chi connectivity index (χ1n) is 9.01. The van der Waals surface area contributed by atoms with Crippen LogP contribution in [0.1, 0.15) is 44.7 Å². The molecule has 25 heavy (non-hydrogen) atoms. The Labute approximate surface area is 159 Å². The van der Waals surface area contributed by atoms with Gasteiger partial charge in [-0.2, -0.15) is 0 Å². The average molecular weight is 399 g/mol. The van der Waals surface area contributed by atoms with Gasteiger partial charge in [-0.1, -0.05) is 54.9 Å². The molecule has 0 atom stereocenters. The van der Waals surface area contributed by atoms with E-state index in [0.29, 0.717) is 0 Å². The zero-order valence-electron chi connectivity index (χ0n) is 15.3. The van der Waals surface area contributed by atoms with E-state index in [4.69, 9.17) is 5.73 Å². The molecule has 0 unspecified atom stereocenters. The van der Waals surface area contributed by atoms with Crippen LogP contribution in [0.2, 0.25) is 0 Å². The van der Waals surface area contributed by atoms with Crippen molar-refractivity contribution in [3.05, 3.63) is 58.1 Å². The number of rotatable bonds is 5. The monoisotopic (exact) mass is 398 g/mol. The molecule has 132 valence electrons. The number of aromatic nitrogens is 1. The smallest absolute Gasteiger partial charge is 0.0497 e. The third-order valence-electron chi connectivity index (χ3n) is 4.79. The molecule has 0 saturated carbocycles. The highest BCUT2D eigenvalue weighted by Gasteiger charge is 2.18. The van der Waals surface area contributed by atoms with E-state index >= 15 is 0 Å². The first kappa shape index (κ1) is 18.2. The molecule has 0 bridgehead atoms. The molecule has 0 spiro atoms. The van der Waals surface area contributed by atoms with Gasteiger partial charge in [0.15, 0.2) is 0 Å². The highest BCUT2D eigenvalue weighted by atomic mass is 79.9. The van der Waals surface area contributed by atoms with Crippen molar-refractivity contribution in [2.45, 2.75) is 45.4 Å². The number of hydrogen-bond donors (Lipinski definition) is 2. The molecule has 0 aliphatic heterocycles. The third kappa shape index (κ3) is 3.99. The van der Waals surface area contributed by atoms with Gasteiger partial charge in [0, 0.05) is 21.1 Å². The minimum atomic E-state index is 0.151. The fourth-order valence-corrected chi connectivity index (χ4v) is 3.55. The average Bonchev–Trinajstić information content (AvgIpc) is 2.93. The Balaban J connectivity index is 2.14. The van der Waals surface area contributed by atoms with Gasteiger partial charge in [0.25, 0.3) is 0 Å². The van der Waals surface area contributed by atoms with E-state index in [1.165, 1.54) is 33.3 Å². The summed E-state index contributed by atoms with van der Waals surface area (Å²) >= 11 is 3.53. The van der Waals surface area contributed by atoms with Gasteiger partial charge in [0.1, 0.15) is 0 Å². The van der Waals surface area contributed by atoms with E-state index < -0.39 is 0 Å². The summed E-state index contributed by atoms with van der Waals surface area (Å²) in [6, 6.07) is 15.4. The van der Waals surface area contributed by atoms with Gasteiger partial charge in [0.2, 0.25) is 0 Å². The summed E-state index contributed by atoms with van der Waals surface area (Å²) in [5.41, 5.74) is 12.3. The number of nitrogens with one attached hydrogen (secondary N) is 1. The Bertz CT molecular complexity index is 854. The summed E-state index contributed by atoms with van der Waals surface area (Å²) in [7, 11) is 0. The first-order valence-corrected chi connectivity index (χ1v) is 9.80. The lowest BCUT2D eigenvalue weighted by Crippen LogP contribution is -2.10. The van der Waals surface area contributed by atoms with Crippen molar-refractivity contribution >= 4 is 26.8 Å². The highest BCUT2D eigenvalue weighted by molar-refractivity contribution is 9.10. The lowest BCUT2D eigenvalue weighted by molar-refractivity contribution is 0.591. The fourth-order valence-electron chi connectivity index (χ4n) is 3.28. The normalized spacial score (nSPS) is 12.0. The molecular formula is C22H27BrN2. The number of fused-ring (bicyclic) bond motifs is 1. The summed E-state index contributed by atoms with van der Waals surface area (Å²) in [6.07, 6.45) is 3.23. The topological polar surface area (TPSA) is 41.8 Å². The molecule has 3 rings (SSSR count). The number of halogens is 1. The quantitative estimate of drug-likeness (QED) is 0.495. The molecule has 0 fully saturated rings. The Morgan fingerprint density at radius 1 is 1.00 bits per heavy atom. The summed E-state index contributed by atoms with van der Waals surface area (Å²) in [6.45, 7) is 7.56. The first-order chi connectivity index (χ1) is 11.9. The summed E-state index contributed by atoms with van der Waals surface area (Å²) in [5, 5.41) is 1.35. The van der Waals surface area contributed by atoms with Crippen LogP contribution < -0.4 is 5.73 Å². The molecule has 3 heteroatoms. The molecule has 3 N–H and O–H groups in total. The molecule has 2 aromatic carbocycles. The van der Waals surface area contributed by atoms with Gasteiger partial charge in [-0.25, -0.2) is 0 Å². The Kier molecular flexibility index (Phi) is 5.35. The van der Waals surface area contributed by atoms with Crippen LogP contribution in [-0.4, -0.2) is 11.5 Å². The molecule has 1 heterocycles. The molecule has 0 radical (unpaired) electrons. The summed E-state index contributed by atoms with van der Waals surface area (Å²) in [5.74, 6) is 0. The minimum absolute atomic E-state index is 0.151. The fraction of sp³-hybridized carbons (Fsp3) is 0.364. The van der Waals surface area contributed by atoms with Gasteiger partial charge in [0.05, 0.1) is 0 Å². The van der Waals surface area contributed by atoms with Crippen LogP contribution in [0.25, 0.3) is 22.2 Å². The standard InChI is InChI=1S/C22H27BrN2/c1-22(2,3)16-9-12-20-19(14-16)18(6-4-5-13-24)21(25-20)15-7-10-17(23)11-8-15/h7-12,14,25H,4-6,13,24H2,1-3H3. The van der Waals surface area contributed by atoms with E-state index in [1.807, 2.05) is 0 Å². The SMILES string of the molecule is CC(C)(C)c1ccc2[nH]c(-c3ccc(Br)cc3)c(CCCCN)c2c1. The van der Waals surface area contributed by atoms with E-state index in [2.05, 4.69) is 84.1 Å². The van der Waals surface area contributed by atoms with Gasteiger partial charge in [-0.3, -0.25) is 0 Å². The van der Waals surface area contributed by atoms with Crippen LogP contribution in [0.3, 0.4) is 0 Å². The van der Waals surface area contributed by atoms with Gasteiger partial charge < -0.3 is 10.7 Å². The van der Waals surface area contributed by atoms with Crippen molar-refractivity contribution in [2.24, 2.45) is 5.73 Å². The lowest BCUT2D eigenvalue weighted by atomic mass is 9.86. The van der Waals surface area contributed by atoms with Crippen LogP contribution in [-0.2, 0) is 11.8 Å². The van der Waals surface area contributed by atoms with Crippen molar-refractivity contribution in [3.63, 3.8) is 0 Å². The van der Waals surface area contributed by atoms with Crippen molar-refractivity contribution < 1.29 is 0 Å². The van der Waals surface area contributed by atoms with Crippen LogP contribution in [0.15, 0.2) is 46.9 Å². The van der Waals surface area contributed by atoms with Crippen molar-refractivity contribution in [2.75, 3.05) is 6.54 Å². The predicted octanol–water partition coefficient (Wildman–Crippen LogP) is 6.18.